The number of carbonyl (C=O) groups excluding carboxylic acids is 1. The van der Waals surface area contributed by atoms with Gasteiger partial charge in [0, 0.05) is 50.7 Å². The fourth-order valence-electron chi connectivity index (χ4n) is 5.26. The monoisotopic (exact) mass is 584 g/mol. The van der Waals surface area contributed by atoms with Crippen molar-refractivity contribution in [3.63, 3.8) is 0 Å². The van der Waals surface area contributed by atoms with Gasteiger partial charge in [-0.15, -0.1) is 0 Å². The van der Waals surface area contributed by atoms with Crippen LogP contribution in [0.3, 0.4) is 0 Å². The molecule has 4 rings (SSSR count). The van der Waals surface area contributed by atoms with Crippen LogP contribution >= 0.6 is 0 Å². The van der Waals surface area contributed by atoms with Crippen molar-refractivity contribution in [2.75, 3.05) is 61.7 Å². The molecule has 1 aliphatic heterocycles. The van der Waals surface area contributed by atoms with Crippen molar-refractivity contribution >= 4 is 17.8 Å². The van der Waals surface area contributed by atoms with Crippen molar-refractivity contribution in [2.45, 2.75) is 31.6 Å². The summed E-state index contributed by atoms with van der Waals surface area (Å²) in [6.45, 7) is 3.16. The van der Waals surface area contributed by atoms with Gasteiger partial charge in [-0.1, -0.05) is 0 Å². The highest BCUT2D eigenvalue weighted by atomic mass is 16.5. The fourth-order valence-corrected chi connectivity index (χ4v) is 5.26. The van der Waals surface area contributed by atoms with E-state index in [1.165, 1.54) is 22.3 Å². The number of rotatable bonds is 11. The van der Waals surface area contributed by atoms with Gasteiger partial charge < -0.3 is 39.0 Å². The number of ether oxygens (including phenoxy) is 4. The number of amides is 1. The Kier molecular flexibility index (Phi) is 11.6. The summed E-state index contributed by atoms with van der Waals surface area (Å²) >= 11 is 0. The molecule has 1 aliphatic carbocycles. The van der Waals surface area contributed by atoms with Crippen LogP contribution in [0.15, 0.2) is 36.4 Å². The predicted molar refractivity (Wildman–Crippen MR) is 156 cm³/mol. The summed E-state index contributed by atoms with van der Waals surface area (Å²) in [4.78, 5) is 36.4. The minimum atomic E-state index is -1.26. The molecule has 0 bridgehead atoms. The summed E-state index contributed by atoms with van der Waals surface area (Å²) in [6.07, 6.45) is 4.35. The van der Waals surface area contributed by atoms with Crippen molar-refractivity contribution < 1.29 is 43.5 Å². The van der Waals surface area contributed by atoms with E-state index >= 15 is 0 Å². The molecule has 0 spiro atoms. The number of methoxy groups -OCH3 is 4. The third-order valence-corrected chi connectivity index (χ3v) is 7.52. The number of carboxylic acid groups (broad SMARTS) is 2. The minimum absolute atomic E-state index is 0.221. The Bertz CT molecular complexity index is 1260. The highest BCUT2D eigenvalue weighted by molar-refractivity contribution is 5.89. The molecule has 228 valence electrons. The van der Waals surface area contributed by atoms with Gasteiger partial charge in [-0.3, -0.25) is 4.79 Å². The van der Waals surface area contributed by atoms with Crippen LogP contribution in [0.2, 0.25) is 0 Å². The molecule has 0 fully saturated rings. The molecule has 2 aromatic rings. The van der Waals surface area contributed by atoms with Crippen LogP contribution in [0.4, 0.5) is 0 Å². The molecule has 2 N–H and O–H groups in total. The molecule has 0 saturated carbocycles. The lowest BCUT2D eigenvalue weighted by atomic mass is 9.77. The Labute approximate surface area is 246 Å². The first-order valence-electron chi connectivity index (χ1n) is 13.7. The zero-order valence-electron chi connectivity index (χ0n) is 24.8. The third-order valence-electron chi connectivity index (χ3n) is 7.52. The Balaban J connectivity index is 0.000000531. The van der Waals surface area contributed by atoms with Crippen LogP contribution < -0.4 is 18.9 Å². The molecule has 1 heterocycles. The lowest BCUT2D eigenvalue weighted by Crippen LogP contribution is -2.37. The average Bonchev–Trinajstić information content (AvgIpc) is 3.19. The van der Waals surface area contributed by atoms with Crippen LogP contribution in [0.5, 0.6) is 23.0 Å². The quantitative estimate of drug-likeness (QED) is 0.380. The molecule has 0 aromatic heterocycles. The van der Waals surface area contributed by atoms with Gasteiger partial charge in [-0.2, -0.15) is 0 Å². The second-order valence-electron chi connectivity index (χ2n) is 10.2. The number of hydrogen-bond donors (Lipinski definition) is 2. The number of nitrogens with zero attached hydrogens (tertiary/aromatic N) is 2. The van der Waals surface area contributed by atoms with Crippen molar-refractivity contribution in [3.05, 3.63) is 58.7 Å². The molecule has 1 amide bonds. The Morgan fingerprint density at radius 3 is 1.71 bits per heavy atom. The first-order chi connectivity index (χ1) is 20.1. The molecule has 2 aliphatic rings. The highest BCUT2D eigenvalue weighted by Crippen LogP contribution is 2.42. The van der Waals surface area contributed by atoms with Gasteiger partial charge in [0.15, 0.2) is 23.0 Å². The number of carbonyl (C=O) groups is 3. The van der Waals surface area contributed by atoms with Crippen molar-refractivity contribution in [3.8, 4) is 23.0 Å². The van der Waals surface area contributed by atoms with E-state index in [2.05, 4.69) is 36.2 Å². The van der Waals surface area contributed by atoms with Crippen molar-refractivity contribution in [2.24, 2.45) is 0 Å². The van der Waals surface area contributed by atoms with Crippen LogP contribution in [0.1, 0.15) is 34.6 Å². The van der Waals surface area contributed by atoms with E-state index in [0.29, 0.717) is 24.5 Å². The summed E-state index contributed by atoms with van der Waals surface area (Å²) < 4.78 is 21.8. The largest absolute Gasteiger partial charge is 0.493 e. The number of carboxylic acids is 2. The molecule has 0 unspecified atom stereocenters. The van der Waals surface area contributed by atoms with Crippen molar-refractivity contribution in [1.29, 1.82) is 0 Å². The van der Waals surface area contributed by atoms with E-state index in [0.717, 1.165) is 68.4 Å². The smallest absolute Gasteiger partial charge is 0.328 e. The summed E-state index contributed by atoms with van der Waals surface area (Å²) in [5.74, 6) is 1.23. The van der Waals surface area contributed by atoms with Gasteiger partial charge in [0.05, 0.1) is 28.4 Å². The maximum Gasteiger partial charge on any atom is 0.328 e. The van der Waals surface area contributed by atoms with E-state index in [-0.39, 0.29) is 5.91 Å². The van der Waals surface area contributed by atoms with Crippen molar-refractivity contribution in [1.82, 2.24) is 9.80 Å². The maximum atomic E-state index is 13.0. The SMILES string of the molecule is COc1cc2c(cc1OC)CCN(C(=O)CCN(C)C[C@H]1Cc3cc(OC)c(OC)cc31)CC2.O=C(O)/C=C/C(=O)O. The fraction of sp³-hybridized carbons (Fsp3) is 0.452. The number of aliphatic carboxylic acids is 2. The molecule has 11 heteroatoms. The number of fused-ring (bicyclic) bond motifs is 2. The van der Waals surface area contributed by atoms with Gasteiger partial charge >= 0.3 is 11.9 Å². The van der Waals surface area contributed by atoms with E-state index in [4.69, 9.17) is 29.2 Å². The van der Waals surface area contributed by atoms with Crippen LogP contribution in [-0.2, 0) is 33.6 Å². The lowest BCUT2D eigenvalue weighted by molar-refractivity contribution is -0.134. The Morgan fingerprint density at radius 1 is 0.810 bits per heavy atom. The third kappa shape index (κ3) is 8.39. The van der Waals surface area contributed by atoms with Gasteiger partial charge in [-0.25, -0.2) is 9.59 Å². The van der Waals surface area contributed by atoms with E-state index < -0.39 is 11.9 Å². The highest BCUT2D eigenvalue weighted by Gasteiger charge is 2.29. The van der Waals surface area contributed by atoms with Crippen LogP contribution in [0, 0.1) is 0 Å². The number of benzene rings is 2. The van der Waals surface area contributed by atoms with Crippen LogP contribution in [-0.4, -0.2) is 99.5 Å². The minimum Gasteiger partial charge on any atom is -0.493 e. The molecular weight excluding hydrogens is 544 g/mol. The van der Waals surface area contributed by atoms with Gasteiger partial charge in [0.1, 0.15) is 0 Å². The second kappa shape index (κ2) is 15.1. The molecule has 11 nitrogen and oxygen atoms in total. The zero-order chi connectivity index (χ0) is 30.8. The first kappa shape index (κ1) is 32.3. The summed E-state index contributed by atoms with van der Waals surface area (Å²) in [6, 6.07) is 8.28. The molecule has 2 aromatic carbocycles. The topological polar surface area (TPSA) is 135 Å². The molecular formula is C31H40N2O9. The standard InChI is InChI=1S/C27H36N2O5.C4H4O4/c1-28(17-21-12-20-15-25(33-4)26(34-5)16-22(20)21)9-8-27(30)29-10-6-18-13-23(31-2)24(32-3)14-19(18)7-11-29;5-3(6)1-2-4(7)8/h13-16,21H,6-12,17H2,1-5H3;1-2H,(H,5,6)(H,7,8)/b;2-1+/t21-;/m1./s1. The predicted octanol–water partition coefficient (Wildman–Crippen LogP) is 3.02. The van der Waals surface area contributed by atoms with E-state index in [1.54, 1.807) is 28.4 Å². The Hall–Kier alpha value is -4.25. The van der Waals surface area contributed by atoms with Gasteiger partial charge in [0.2, 0.25) is 5.91 Å². The zero-order valence-corrected chi connectivity index (χ0v) is 24.8. The molecule has 1 atom stereocenters. The summed E-state index contributed by atoms with van der Waals surface area (Å²) in [5.41, 5.74) is 5.12. The first-order valence-corrected chi connectivity index (χ1v) is 13.7. The molecule has 0 radical (unpaired) electrons. The molecule has 42 heavy (non-hydrogen) atoms. The average molecular weight is 585 g/mol. The Morgan fingerprint density at radius 2 is 1.26 bits per heavy atom. The van der Waals surface area contributed by atoms with E-state index in [1.807, 2.05) is 4.90 Å². The maximum absolute atomic E-state index is 13.0. The normalized spacial score (nSPS) is 15.4. The van der Waals surface area contributed by atoms with Gasteiger partial charge in [-0.05, 0) is 72.8 Å². The number of hydrogen-bond acceptors (Lipinski definition) is 8. The molecule has 0 saturated heterocycles. The lowest BCUT2D eigenvalue weighted by Gasteiger charge is -2.34. The number of likely N-dealkylation sites (N-methyl/N-ethyl adjacent to an activating group) is 1. The summed E-state index contributed by atoms with van der Waals surface area (Å²) in [5, 5.41) is 15.6. The second-order valence-corrected chi connectivity index (χ2v) is 10.2. The summed E-state index contributed by atoms with van der Waals surface area (Å²) in [7, 11) is 8.75. The van der Waals surface area contributed by atoms with Gasteiger partial charge in [0.25, 0.3) is 0 Å². The van der Waals surface area contributed by atoms with Crippen LogP contribution in [0.25, 0.3) is 0 Å². The van der Waals surface area contributed by atoms with E-state index in [9.17, 15) is 14.4 Å².